The standard InChI is InChI=1S/C18H34NO4/c1-2-3-4-5-6-8-11-14-17(19(22)23)15-12-9-7-10-13-16-18(20)21/h14,22H,2-13,15-16H2,1H3,(H,20,21)/q-1. The van der Waals surface area contributed by atoms with Gasteiger partial charge in [0.05, 0.1) is 0 Å². The van der Waals surface area contributed by atoms with Crippen LogP contribution in [0.4, 0.5) is 0 Å². The van der Waals surface area contributed by atoms with Gasteiger partial charge in [0.1, 0.15) is 0 Å². The molecular weight excluding hydrogens is 294 g/mol. The van der Waals surface area contributed by atoms with Crippen molar-refractivity contribution in [1.29, 1.82) is 0 Å². The quantitative estimate of drug-likeness (QED) is 0.283. The van der Waals surface area contributed by atoms with Gasteiger partial charge in [0.15, 0.2) is 0 Å². The van der Waals surface area contributed by atoms with Crippen LogP contribution in [-0.2, 0) is 4.79 Å². The zero-order valence-corrected chi connectivity index (χ0v) is 14.6. The average Bonchev–Trinajstić information content (AvgIpc) is 2.50. The fourth-order valence-corrected chi connectivity index (χ4v) is 2.58. The van der Waals surface area contributed by atoms with Gasteiger partial charge < -0.3 is 15.5 Å². The monoisotopic (exact) mass is 328 g/mol. The molecule has 2 N–H and O–H groups in total. The van der Waals surface area contributed by atoms with Crippen LogP contribution in [0.25, 0.3) is 0 Å². The van der Waals surface area contributed by atoms with Crippen LogP contribution in [-0.4, -0.2) is 21.5 Å². The van der Waals surface area contributed by atoms with Crippen molar-refractivity contribution in [1.82, 2.24) is 5.23 Å². The Bertz CT molecular complexity index is 316. The number of hydrogen-bond donors (Lipinski definition) is 2. The minimum Gasteiger partial charge on any atom is -0.734 e. The molecular formula is C18H34NO4-. The van der Waals surface area contributed by atoms with E-state index in [4.69, 9.17) is 10.3 Å². The van der Waals surface area contributed by atoms with E-state index >= 15 is 0 Å². The second-order valence-electron chi connectivity index (χ2n) is 6.19. The molecule has 0 radical (unpaired) electrons. The van der Waals surface area contributed by atoms with Crippen LogP contribution in [0.3, 0.4) is 0 Å². The third-order valence-electron chi connectivity index (χ3n) is 4.01. The van der Waals surface area contributed by atoms with Gasteiger partial charge in [-0.05, 0) is 32.1 Å². The topological polar surface area (TPSA) is 83.8 Å². The number of hydrogen-bond acceptors (Lipinski definition) is 4. The van der Waals surface area contributed by atoms with Crippen LogP contribution in [0.15, 0.2) is 11.8 Å². The first kappa shape index (κ1) is 21.9. The lowest BCUT2D eigenvalue weighted by Crippen LogP contribution is -2.09. The minimum absolute atomic E-state index is 0.00150. The second-order valence-corrected chi connectivity index (χ2v) is 6.19. The number of rotatable bonds is 16. The third-order valence-corrected chi connectivity index (χ3v) is 4.01. The Labute approximate surface area is 140 Å². The van der Waals surface area contributed by atoms with Crippen molar-refractivity contribution in [3.8, 4) is 0 Å². The Morgan fingerprint density at radius 1 is 0.913 bits per heavy atom. The zero-order valence-electron chi connectivity index (χ0n) is 14.6. The van der Waals surface area contributed by atoms with Gasteiger partial charge in [0.25, 0.3) is 0 Å². The highest BCUT2D eigenvalue weighted by Crippen LogP contribution is 2.16. The Hall–Kier alpha value is -1.07. The highest BCUT2D eigenvalue weighted by molar-refractivity contribution is 5.66. The molecule has 0 unspecified atom stereocenters. The first-order valence-corrected chi connectivity index (χ1v) is 9.15. The van der Waals surface area contributed by atoms with E-state index < -0.39 is 5.97 Å². The molecule has 0 aromatic rings. The van der Waals surface area contributed by atoms with Crippen molar-refractivity contribution in [2.75, 3.05) is 0 Å². The largest absolute Gasteiger partial charge is 0.734 e. The first-order valence-electron chi connectivity index (χ1n) is 9.15. The van der Waals surface area contributed by atoms with E-state index in [0.717, 1.165) is 38.5 Å². The van der Waals surface area contributed by atoms with Crippen LogP contribution in [0.1, 0.15) is 96.8 Å². The highest BCUT2D eigenvalue weighted by atomic mass is 16.8. The molecule has 0 aliphatic heterocycles. The minimum atomic E-state index is -0.743. The molecule has 0 saturated heterocycles. The van der Waals surface area contributed by atoms with E-state index in [1.165, 1.54) is 32.1 Å². The van der Waals surface area contributed by atoms with E-state index in [1.807, 2.05) is 6.08 Å². The van der Waals surface area contributed by atoms with Crippen LogP contribution in [0.5, 0.6) is 0 Å². The van der Waals surface area contributed by atoms with Crippen molar-refractivity contribution in [3.63, 3.8) is 0 Å². The van der Waals surface area contributed by atoms with E-state index in [2.05, 4.69) is 6.92 Å². The smallest absolute Gasteiger partial charge is 0.303 e. The summed E-state index contributed by atoms with van der Waals surface area (Å²) in [6.07, 6.45) is 15.2. The lowest BCUT2D eigenvalue weighted by molar-refractivity contribution is -0.137. The van der Waals surface area contributed by atoms with Crippen LogP contribution in [0.2, 0.25) is 0 Å². The highest BCUT2D eigenvalue weighted by Gasteiger charge is 2.00. The molecule has 0 amide bonds. The third kappa shape index (κ3) is 15.6. The Morgan fingerprint density at radius 3 is 2.00 bits per heavy atom. The molecule has 0 heterocycles. The molecule has 136 valence electrons. The molecule has 0 fully saturated rings. The number of carboxylic acids is 1. The Balaban J connectivity index is 3.68. The van der Waals surface area contributed by atoms with E-state index in [0.29, 0.717) is 18.5 Å². The summed E-state index contributed by atoms with van der Waals surface area (Å²) >= 11 is 0. The van der Waals surface area contributed by atoms with Gasteiger partial charge >= 0.3 is 5.97 Å². The number of nitrogens with zero attached hydrogens (tertiary/aromatic N) is 1. The summed E-state index contributed by atoms with van der Waals surface area (Å²) in [5.74, 6) is -0.743. The molecule has 5 heteroatoms. The summed E-state index contributed by atoms with van der Waals surface area (Å²) in [5.41, 5.74) is 0.462. The second kappa shape index (κ2) is 15.8. The Morgan fingerprint density at radius 2 is 1.43 bits per heavy atom. The average molecular weight is 328 g/mol. The summed E-state index contributed by atoms with van der Waals surface area (Å²) < 4.78 is 0. The van der Waals surface area contributed by atoms with Crippen LogP contribution in [0, 0.1) is 5.21 Å². The summed E-state index contributed by atoms with van der Waals surface area (Å²) in [4.78, 5) is 10.4. The summed E-state index contributed by atoms with van der Waals surface area (Å²) in [6, 6.07) is 0. The van der Waals surface area contributed by atoms with E-state index in [9.17, 15) is 10.0 Å². The van der Waals surface area contributed by atoms with Crippen molar-refractivity contribution in [2.45, 2.75) is 96.8 Å². The van der Waals surface area contributed by atoms with Crippen LogP contribution >= 0.6 is 0 Å². The maximum Gasteiger partial charge on any atom is 0.303 e. The molecule has 0 atom stereocenters. The molecule has 0 aromatic carbocycles. The SMILES string of the molecule is CCCCCCCCC=C(CCCCCCCC(=O)O)N([O-])O. The maximum atomic E-state index is 11.1. The predicted molar refractivity (Wildman–Crippen MR) is 93.0 cm³/mol. The van der Waals surface area contributed by atoms with Gasteiger partial charge in [-0.15, -0.1) is 0 Å². The molecule has 0 spiro atoms. The maximum absolute atomic E-state index is 11.1. The molecule has 0 aliphatic carbocycles. The van der Waals surface area contributed by atoms with E-state index in [1.54, 1.807) is 0 Å². The molecule has 0 bridgehead atoms. The molecule has 0 saturated carbocycles. The van der Waals surface area contributed by atoms with Crippen molar-refractivity contribution in [3.05, 3.63) is 17.0 Å². The number of unbranched alkanes of at least 4 members (excludes halogenated alkanes) is 10. The van der Waals surface area contributed by atoms with Gasteiger partial charge in [-0.3, -0.25) is 10.0 Å². The summed E-state index contributed by atoms with van der Waals surface area (Å²) in [7, 11) is 0. The summed E-state index contributed by atoms with van der Waals surface area (Å²) in [6.45, 7) is 2.20. The zero-order chi connectivity index (χ0) is 17.3. The Kier molecular flexibility index (Phi) is 15.1. The van der Waals surface area contributed by atoms with Gasteiger partial charge in [-0.1, -0.05) is 64.4 Å². The number of hydroxylamine groups is 2. The lowest BCUT2D eigenvalue weighted by Gasteiger charge is -2.25. The first-order chi connectivity index (χ1) is 11.1. The number of aliphatic carboxylic acids is 1. The molecule has 23 heavy (non-hydrogen) atoms. The van der Waals surface area contributed by atoms with Crippen molar-refractivity contribution < 1.29 is 15.1 Å². The fourth-order valence-electron chi connectivity index (χ4n) is 2.58. The van der Waals surface area contributed by atoms with E-state index in [-0.39, 0.29) is 11.6 Å². The lowest BCUT2D eigenvalue weighted by atomic mass is 10.1. The van der Waals surface area contributed by atoms with Gasteiger partial charge in [-0.25, -0.2) is 0 Å². The summed E-state index contributed by atoms with van der Waals surface area (Å²) in [5, 5.41) is 28.8. The van der Waals surface area contributed by atoms with Crippen molar-refractivity contribution >= 4 is 5.97 Å². The molecule has 0 aromatic heterocycles. The normalized spacial score (nSPS) is 11.7. The van der Waals surface area contributed by atoms with Crippen molar-refractivity contribution in [2.24, 2.45) is 0 Å². The van der Waals surface area contributed by atoms with Crippen LogP contribution < -0.4 is 0 Å². The number of carboxylic acid groups (broad SMARTS) is 1. The number of allylic oxidation sites excluding steroid dienone is 2. The molecule has 0 aliphatic rings. The van der Waals surface area contributed by atoms with Gasteiger partial charge in [0.2, 0.25) is 0 Å². The fraction of sp³-hybridized carbons (Fsp3) is 0.833. The predicted octanol–water partition coefficient (Wildman–Crippen LogP) is 5.63. The van der Waals surface area contributed by atoms with Gasteiger partial charge in [0, 0.05) is 12.1 Å². The molecule has 0 rings (SSSR count). The number of carbonyl (C=O) groups is 1. The molecule has 5 nitrogen and oxygen atoms in total. The van der Waals surface area contributed by atoms with Gasteiger partial charge in [-0.2, -0.15) is 0 Å².